The van der Waals surface area contributed by atoms with Crippen LogP contribution in [0.2, 0.25) is 0 Å². The zero-order valence-electron chi connectivity index (χ0n) is 10.8. The summed E-state index contributed by atoms with van der Waals surface area (Å²) in [6.07, 6.45) is 0. The van der Waals surface area contributed by atoms with E-state index in [1.165, 1.54) is 6.07 Å². The number of imidazole rings is 1. The Morgan fingerprint density at radius 2 is 2.10 bits per heavy atom. The molecule has 3 rings (SSSR count). The average molecular weight is 382 g/mol. The first-order valence-electron chi connectivity index (χ1n) is 6.25. The van der Waals surface area contributed by atoms with Crippen LogP contribution < -0.4 is 0 Å². The molecule has 0 aliphatic heterocycles. The molecular formula is C15H12FIN2O. The molecule has 5 heteroatoms. The van der Waals surface area contributed by atoms with Crippen molar-refractivity contribution < 1.29 is 9.50 Å². The molecule has 2 aromatic carbocycles. The van der Waals surface area contributed by atoms with E-state index >= 15 is 0 Å². The summed E-state index contributed by atoms with van der Waals surface area (Å²) in [5.74, 6) is 0.545. The Labute approximate surface area is 129 Å². The highest BCUT2D eigenvalue weighted by atomic mass is 127. The molecule has 0 aliphatic rings. The van der Waals surface area contributed by atoms with Gasteiger partial charge in [-0.25, -0.2) is 9.37 Å². The van der Waals surface area contributed by atoms with Crippen LogP contribution in [-0.4, -0.2) is 14.7 Å². The van der Waals surface area contributed by atoms with Crippen LogP contribution in [0.25, 0.3) is 22.4 Å². The van der Waals surface area contributed by atoms with E-state index < -0.39 is 0 Å². The van der Waals surface area contributed by atoms with Crippen LogP contribution in [0.4, 0.5) is 4.39 Å². The van der Waals surface area contributed by atoms with E-state index in [2.05, 4.69) is 27.6 Å². The fourth-order valence-electron chi connectivity index (χ4n) is 2.31. The number of fused-ring (bicyclic) bond motifs is 1. The lowest BCUT2D eigenvalue weighted by Gasteiger charge is -2.07. The fraction of sp³-hybridized carbons (Fsp3) is 0.133. The van der Waals surface area contributed by atoms with Crippen molar-refractivity contribution >= 4 is 33.6 Å². The summed E-state index contributed by atoms with van der Waals surface area (Å²) in [5.41, 5.74) is 1.91. The molecule has 3 nitrogen and oxygen atoms in total. The van der Waals surface area contributed by atoms with Gasteiger partial charge in [0.1, 0.15) is 17.1 Å². The lowest BCUT2D eigenvalue weighted by atomic mass is 10.2. The quantitative estimate of drug-likeness (QED) is 0.676. The fourth-order valence-corrected chi connectivity index (χ4v) is 2.64. The third kappa shape index (κ3) is 2.06. The first-order valence-corrected chi connectivity index (χ1v) is 7.33. The number of benzene rings is 2. The normalized spacial score (nSPS) is 11.2. The van der Waals surface area contributed by atoms with Gasteiger partial charge in [0.15, 0.2) is 5.82 Å². The third-order valence-electron chi connectivity index (χ3n) is 3.25. The van der Waals surface area contributed by atoms with Crippen molar-refractivity contribution in [1.82, 2.24) is 9.55 Å². The molecule has 0 amide bonds. The topological polar surface area (TPSA) is 38.0 Å². The first-order chi connectivity index (χ1) is 9.61. The summed E-state index contributed by atoms with van der Waals surface area (Å²) < 4.78 is 16.6. The predicted octanol–water partition coefficient (Wildman–Crippen LogP) is 4.17. The molecule has 0 saturated carbocycles. The summed E-state index contributed by atoms with van der Waals surface area (Å²) >= 11 is 2.06. The Hall–Kier alpha value is -1.63. The second-order valence-electron chi connectivity index (χ2n) is 4.45. The molecule has 0 fully saturated rings. The standard InChI is InChI=1S/C15H12FIN2O/c1-2-19-12-5-3-4-10(16)14(12)18-15(19)9-6-7-11(17)13(20)8-9/h3-8,20H,2H2,1H3. The molecular weight excluding hydrogens is 370 g/mol. The van der Waals surface area contributed by atoms with Gasteiger partial charge >= 0.3 is 0 Å². The molecule has 1 aromatic heterocycles. The summed E-state index contributed by atoms with van der Waals surface area (Å²) in [4.78, 5) is 4.40. The number of halogens is 2. The summed E-state index contributed by atoms with van der Waals surface area (Å²) in [7, 11) is 0. The Morgan fingerprint density at radius 3 is 2.80 bits per heavy atom. The Balaban J connectivity index is 2.30. The van der Waals surface area contributed by atoms with Crippen LogP contribution in [0.5, 0.6) is 5.75 Å². The highest BCUT2D eigenvalue weighted by molar-refractivity contribution is 14.1. The molecule has 0 aliphatic carbocycles. The van der Waals surface area contributed by atoms with Crippen molar-refractivity contribution in [2.45, 2.75) is 13.5 Å². The minimum absolute atomic E-state index is 0.207. The maximum absolute atomic E-state index is 13.8. The van der Waals surface area contributed by atoms with Gasteiger partial charge in [0.05, 0.1) is 9.09 Å². The van der Waals surface area contributed by atoms with Crippen LogP contribution in [-0.2, 0) is 6.54 Å². The second kappa shape index (κ2) is 5.05. The van der Waals surface area contributed by atoms with E-state index in [0.29, 0.717) is 17.9 Å². The highest BCUT2D eigenvalue weighted by Crippen LogP contribution is 2.30. The SMILES string of the molecule is CCn1c(-c2ccc(I)c(O)c2)nc2c(F)cccc21. The van der Waals surface area contributed by atoms with Gasteiger partial charge in [0.2, 0.25) is 0 Å². The predicted molar refractivity (Wildman–Crippen MR) is 85.2 cm³/mol. The smallest absolute Gasteiger partial charge is 0.151 e. The van der Waals surface area contributed by atoms with Gasteiger partial charge in [0.25, 0.3) is 0 Å². The third-order valence-corrected chi connectivity index (χ3v) is 4.16. The minimum Gasteiger partial charge on any atom is -0.507 e. The van der Waals surface area contributed by atoms with Gasteiger partial charge in [-0.2, -0.15) is 0 Å². The zero-order valence-corrected chi connectivity index (χ0v) is 12.9. The Kier molecular flexibility index (Phi) is 3.37. The lowest BCUT2D eigenvalue weighted by molar-refractivity contribution is 0.471. The number of aromatic hydroxyl groups is 1. The van der Waals surface area contributed by atoms with E-state index in [0.717, 1.165) is 14.7 Å². The molecule has 3 aromatic rings. The summed E-state index contributed by atoms with van der Waals surface area (Å²) in [5, 5.41) is 9.84. The van der Waals surface area contributed by atoms with Crippen molar-refractivity contribution in [3.05, 3.63) is 45.8 Å². The summed E-state index contributed by atoms with van der Waals surface area (Å²) in [6.45, 7) is 2.67. The maximum atomic E-state index is 13.8. The molecule has 0 bridgehead atoms. The molecule has 20 heavy (non-hydrogen) atoms. The molecule has 0 atom stereocenters. The van der Waals surface area contributed by atoms with Crippen LogP contribution in [0.3, 0.4) is 0 Å². The number of aromatic nitrogens is 2. The van der Waals surface area contributed by atoms with Gasteiger partial charge in [0, 0.05) is 12.1 Å². The van der Waals surface area contributed by atoms with E-state index in [9.17, 15) is 9.50 Å². The van der Waals surface area contributed by atoms with Crippen molar-refractivity contribution in [2.75, 3.05) is 0 Å². The molecule has 102 valence electrons. The summed E-state index contributed by atoms with van der Waals surface area (Å²) in [6, 6.07) is 10.3. The van der Waals surface area contributed by atoms with E-state index in [1.54, 1.807) is 12.1 Å². The van der Waals surface area contributed by atoms with Crippen molar-refractivity contribution in [2.24, 2.45) is 0 Å². The number of nitrogens with zero attached hydrogens (tertiary/aromatic N) is 2. The van der Waals surface area contributed by atoms with Crippen LogP contribution in [0.15, 0.2) is 36.4 Å². The van der Waals surface area contributed by atoms with Gasteiger partial charge in [-0.15, -0.1) is 0 Å². The number of phenols is 1. The number of aryl methyl sites for hydroxylation is 1. The number of hydrogen-bond donors (Lipinski definition) is 1. The molecule has 1 heterocycles. The van der Waals surface area contributed by atoms with E-state index in [1.807, 2.05) is 29.7 Å². The van der Waals surface area contributed by atoms with E-state index in [4.69, 9.17) is 0 Å². The van der Waals surface area contributed by atoms with Crippen molar-refractivity contribution in [1.29, 1.82) is 0 Å². The lowest BCUT2D eigenvalue weighted by Crippen LogP contribution is -1.97. The zero-order chi connectivity index (χ0) is 14.3. The highest BCUT2D eigenvalue weighted by Gasteiger charge is 2.14. The van der Waals surface area contributed by atoms with Crippen molar-refractivity contribution in [3.8, 4) is 17.1 Å². The number of rotatable bonds is 2. The largest absolute Gasteiger partial charge is 0.507 e. The van der Waals surface area contributed by atoms with Gasteiger partial charge in [-0.05, 0) is 59.8 Å². The second-order valence-corrected chi connectivity index (χ2v) is 5.62. The molecule has 0 unspecified atom stereocenters. The molecule has 1 N–H and O–H groups in total. The molecule has 0 radical (unpaired) electrons. The Morgan fingerprint density at radius 1 is 1.30 bits per heavy atom. The number of phenolic OH excluding ortho intramolecular Hbond substituents is 1. The van der Waals surface area contributed by atoms with Crippen LogP contribution >= 0.6 is 22.6 Å². The molecule has 0 saturated heterocycles. The minimum atomic E-state index is -0.328. The van der Waals surface area contributed by atoms with Crippen LogP contribution in [0.1, 0.15) is 6.92 Å². The van der Waals surface area contributed by atoms with E-state index in [-0.39, 0.29) is 11.6 Å². The van der Waals surface area contributed by atoms with Gasteiger partial charge in [-0.3, -0.25) is 0 Å². The monoisotopic (exact) mass is 382 g/mol. The first kappa shape index (κ1) is 13.4. The van der Waals surface area contributed by atoms with Crippen molar-refractivity contribution in [3.63, 3.8) is 0 Å². The average Bonchev–Trinajstić information content (AvgIpc) is 2.82. The molecule has 0 spiro atoms. The number of hydrogen-bond acceptors (Lipinski definition) is 2. The van der Waals surface area contributed by atoms with Gasteiger partial charge in [-0.1, -0.05) is 6.07 Å². The van der Waals surface area contributed by atoms with Gasteiger partial charge < -0.3 is 9.67 Å². The van der Waals surface area contributed by atoms with Crippen LogP contribution in [0, 0.1) is 9.39 Å². The maximum Gasteiger partial charge on any atom is 0.151 e. The Bertz CT molecular complexity index is 798. The number of para-hydroxylation sites is 1.